The first kappa shape index (κ1) is 14.2. The van der Waals surface area contributed by atoms with Crippen LogP contribution >= 0.6 is 0 Å². The summed E-state index contributed by atoms with van der Waals surface area (Å²) in [4.78, 5) is 22.7. The van der Waals surface area contributed by atoms with Crippen molar-refractivity contribution >= 4 is 11.9 Å². The van der Waals surface area contributed by atoms with Gasteiger partial charge in [-0.25, -0.2) is 0 Å². The Morgan fingerprint density at radius 2 is 1.95 bits per heavy atom. The maximum atomic E-state index is 11.9. The Labute approximate surface area is 116 Å². The van der Waals surface area contributed by atoms with E-state index in [4.69, 9.17) is 14.6 Å². The Morgan fingerprint density at radius 3 is 2.65 bits per heavy atom. The van der Waals surface area contributed by atoms with Crippen molar-refractivity contribution < 1.29 is 24.2 Å². The van der Waals surface area contributed by atoms with E-state index in [1.807, 2.05) is 6.07 Å². The highest BCUT2D eigenvalue weighted by Gasteiger charge is 2.25. The molecule has 1 amide bonds. The third-order valence-electron chi connectivity index (χ3n) is 3.46. The van der Waals surface area contributed by atoms with Crippen LogP contribution in [0.1, 0.15) is 19.4 Å². The quantitative estimate of drug-likeness (QED) is 0.850. The van der Waals surface area contributed by atoms with Crippen LogP contribution in [0.25, 0.3) is 0 Å². The van der Waals surface area contributed by atoms with Crippen molar-refractivity contribution in [1.29, 1.82) is 0 Å². The Hall–Kier alpha value is -2.24. The van der Waals surface area contributed by atoms with E-state index in [9.17, 15) is 9.59 Å². The molecular formula is C14H17NO5. The lowest BCUT2D eigenvalue weighted by Crippen LogP contribution is -2.34. The second-order valence-electron chi connectivity index (χ2n) is 4.82. The first-order valence-corrected chi connectivity index (χ1v) is 6.38. The van der Waals surface area contributed by atoms with Crippen LogP contribution in [0, 0.1) is 11.8 Å². The number of carboxylic acids is 1. The molecule has 0 fully saturated rings. The summed E-state index contributed by atoms with van der Waals surface area (Å²) in [7, 11) is 0. The number of aliphatic carboxylic acids is 1. The van der Waals surface area contributed by atoms with Crippen LogP contribution in [0.4, 0.5) is 0 Å². The van der Waals surface area contributed by atoms with Gasteiger partial charge >= 0.3 is 5.97 Å². The summed E-state index contributed by atoms with van der Waals surface area (Å²) in [5.41, 5.74) is 0.873. The third-order valence-corrected chi connectivity index (χ3v) is 3.46. The number of carbonyl (C=O) groups excluding carboxylic acids is 1. The molecule has 0 aliphatic carbocycles. The zero-order valence-electron chi connectivity index (χ0n) is 11.4. The minimum atomic E-state index is -0.976. The molecule has 6 heteroatoms. The zero-order chi connectivity index (χ0) is 14.7. The standard InChI is InChI=1S/C14H17NO5/c1-8(9(2)14(17)18)13(16)15-6-10-3-4-11-12(5-10)20-7-19-11/h3-5,8-9H,6-7H2,1-2H3,(H,15,16)(H,17,18). The van der Waals surface area contributed by atoms with Gasteiger partial charge in [0.2, 0.25) is 12.7 Å². The molecule has 1 aliphatic rings. The fourth-order valence-corrected chi connectivity index (χ4v) is 1.84. The summed E-state index contributed by atoms with van der Waals surface area (Å²) >= 11 is 0. The molecule has 2 atom stereocenters. The first-order chi connectivity index (χ1) is 9.49. The molecule has 1 aromatic carbocycles. The number of hydrogen-bond acceptors (Lipinski definition) is 4. The van der Waals surface area contributed by atoms with Gasteiger partial charge in [-0.2, -0.15) is 0 Å². The Morgan fingerprint density at radius 1 is 1.25 bits per heavy atom. The second-order valence-corrected chi connectivity index (χ2v) is 4.82. The lowest BCUT2D eigenvalue weighted by atomic mass is 9.95. The molecular weight excluding hydrogens is 262 g/mol. The third kappa shape index (κ3) is 3.01. The number of hydrogen-bond donors (Lipinski definition) is 2. The fraction of sp³-hybridized carbons (Fsp3) is 0.429. The normalized spacial score (nSPS) is 15.5. The number of carboxylic acid groups (broad SMARTS) is 1. The van der Waals surface area contributed by atoms with Crippen LogP contribution in [0.5, 0.6) is 11.5 Å². The molecule has 1 aliphatic heterocycles. The molecule has 0 saturated carbocycles. The van der Waals surface area contributed by atoms with Gasteiger partial charge in [0.05, 0.1) is 5.92 Å². The van der Waals surface area contributed by atoms with Gasteiger partial charge in [-0.15, -0.1) is 0 Å². The van der Waals surface area contributed by atoms with Gasteiger partial charge in [0.15, 0.2) is 11.5 Å². The molecule has 0 radical (unpaired) electrons. The van der Waals surface area contributed by atoms with Crippen molar-refractivity contribution in [2.24, 2.45) is 11.8 Å². The Balaban J connectivity index is 1.92. The predicted octanol–water partition coefficient (Wildman–Crippen LogP) is 1.39. The van der Waals surface area contributed by atoms with Crippen LogP contribution in [-0.2, 0) is 16.1 Å². The van der Waals surface area contributed by atoms with Crippen molar-refractivity contribution in [1.82, 2.24) is 5.32 Å². The molecule has 2 N–H and O–H groups in total. The summed E-state index contributed by atoms with van der Waals surface area (Å²) in [5.74, 6) is -1.21. The van der Waals surface area contributed by atoms with Gasteiger partial charge in [0.1, 0.15) is 0 Å². The van der Waals surface area contributed by atoms with Crippen molar-refractivity contribution in [2.45, 2.75) is 20.4 Å². The molecule has 0 bridgehead atoms. The molecule has 0 aromatic heterocycles. The minimum absolute atomic E-state index is 0.207. The molecule has 0 spiro atoms. The molecule has 6 nitrogen and oxygen atoms in total. The lowest BCUT2D eigenvalue weighted by molar-refractivity contribution is -0.146. The summed E-state index contributed by atoms with van der Waals surface area (Å²) in [6.07, 6.45) is 0. The van der Waals surface area contributed by atoms with E-state index in [2.05, 4.69) is 5.32 Å². The van der Waals surface area contributed by atoms with Crippen LogP contribution in [0.2, 0.25) is 0 Å². The molecule has 2 rings (SSSR count). The fourth-order valence-electron chi connectivity index (χ4n) is 1.84. The molecule has 20 heavy (non-hydrogen) atoms. The molecule has 1 heterocycles. The van der Waals surface area contributed by atoms with E-state index >= 15 is 0 Å². The van der Waals surface area contributed by atoms with Gasteiger partial charge in [0.25, 0.3) is 0 Å². The summed E-state index contributed by atoms with van der Waals surface area (Å²) in [6.45, 7) is 3.66. The van der Waals surface area contributed by atoms with E-state index in [1.165, 1.54) is 6.92 Å². The van der Waals surface area contributed by atoms with Gasteiger partial charge in [0, 0.05) is 12.5 Å². The lowest BCUT2D eigenvalue weighted by Gasteiger charge is -2.15. The average Bonchev–Trinajstić information content (AvgIpc) is 2.90. The first-order valence-electron chi connectivity index (χ1n) is 6.38. The Kier molecular flexibility index (Phi) is 4.12. The SMILES string of the molecule is CC(C(=O)O)C(C)C(=O)NCc1ccc2c(c1)OCO2. The Bertz CT molecular complexity index is 528. The van der Waals surface area contributed by atoms with Gasteiger partial charge in [-0.1, -0.05) is 19.9 Å². The van der Waals surface area contributed by atoms with Crippen molar-refractivity contribution in [2.75, 3.05) is 6.79 Å². The average molecular weight is 279 g/mol. The van der Waals surface area contributed by atoms with E-state index < -0.39 is 17.8 Å². The zero-order valence-corrected chi connectivity index (χ0v) is 11.4. The highest BCUT2D eigenvalue weighted by Crippen LogP contribution is 2.32. The van der Waals surface area contributed by atoms with Crippen molar-refractivity contribution in [3.63, 3.8) is 0 Å². The second kappa shape index (κ2) is 5.81. The number of ether oxygens (including phenoxy) is 2. The number of rotatable bonds is 5. The number of carbonyl (C=O) groups is 2. The van der Waals surface area contributed by atoms with E-state index in [-0.39, 0.29) is 12.7 Å². The van der Waals surface area contributed by atoms with E-state index in [1.54, 1.807) is 19.1 Å². The van der Waals surface area contributed by atoms with Gasteiger partial charge in [-0.05, 0) is 17.7 Å². The number of amides is 1. The number of nitrogens with one attached hydrogen (secondary N) is 1. The molecule has 0 saturated heterocycles. The topological polar surface area (TPSA) is 84.9 Å². The molecule has 1 aromatic rings. The van der Waals surface area contributed by atoms with Gasteiger partial charge < -0.3 is 19.9 Å². The summed E-state index contributed by atoms with van der Waals surface area (Å²) in [6, 6.07) is 5.42. The maximum Gasteiger partial charge on any atom is 0.307 e. The van der Waals surface area contributed by atoms with Crippen molar-refractivity contribution in [3.8, 4) is 11.5 Å². The number of benzene rings is 1. The predicted molar refractivity (Wildman–Crippen MR) is 70.4 cm³/mol. The smallest absolute Gasteiger partial charge is 0.307 e. The van der Waals surface area contributed by atoms with Crippen LogP contribution < -0.4 is 14.8 Å². The summed E-state index contributed by atoms with van der Waals surface area (Å²) in [5, 5.41) is 11.6. The van der Waals surface area contributed by atoms with Crippen LogP contribution in [0.15, 0.2) is 18.2 Å². The highest BCUT2D eigenvalue weighted by molar-refractivity contribution is 5.84. The number of fused-ring (bicyclic) bond motifs is 1. The minimum Gasteiger partial charge on any atom is -0.481 e. The largest absolute Gasteiger partial charge is 0.481 e. The maximum absolute atomic E-state index is 11.9. The molecule has 2 unspecified atom stereocenters. The van der Waals surface area contributed by atoms with E-state index in [0.29, 0.717) is 18.0 Å². The van der Waals surface area contributed by atoms with E-state index in [0.717, 1.165) is 5.56 Å². The monoisotopic (exact) mass is 279 g/mol. The van der Waals surface area contributed by atoms with Crippen molar-refractivity contribution in [3.05, 3.63) is 23.8 Å². The summed E-state index contributed by atoms with van der Waals surface area (Å²) < 4.78 is 10.5. The van der Waals surface area contributed by atoms with Crippen LogP contribution in [-0.4, -0.2) is 23.8 Å². The van der Waals surface area contributed by atoms with Gasteiger partial charge in [-0.3, -0.25) is 9.59 Å². The molecule has 108 valence electrons. The highest BCUT2D eigenvalue weighted by atomic mass is 16.7. The van der Waals surface area contributed by atoms with Crippen LogP contribution in [0.3, 0.4) is 0 Å².